The molecule has 0 aromatic heterocycles. The molecule has 3 nitrogen and oxygen atoms in total. The first kappa shape index (κ1) is 18.3. The molecule has 7 heteroatoms. The number of hydrogen-bond acceptors (Lipinski definition) is 2. The number of amides is 1. The van der Waals surface area contributed by atoms with E-state index < -0.39 is 27.4 Å². The van der Waals surface area contributed by atoms with E-state index >= 15 is 0 Å². The van der Waals surface area contributed by atoms with Crippen LogP contribution in [0.25, 0.3) is 0 Å². The molecule has 0 radical (unpaired) electrons. The summed E-state index contributed by atoms with van der Waals surface area (Å²) in [5.74, 6) is -1.86. The summed E-state index contributed by atoms with van der Waals surface area (Å²) < 4.78 is 30.7. The minimum atomic E-state index is -1.08. The van der Waals surface area contributed by atoms with Gasteiger partial charge in [0.2, 0.25) is 5.91 Å². The molecule has 2 rings (SSSR count). The van der Waals surface area contributed by atoms with Gasteiger partial charge in [-0.2, -0.15) is 0 Å². The Bertz CT molecular complexity index is 612. The molecule has 1 aliphatic carbocycles. The zero-order valence-electron chi connectivity index (χ0n) is 13.1. The van der Waals surface area contributed by atoms with Crippen LogP contribution in [0.2, 0.25) is 0 Å². The van der Waals surface area contributed by atoms with Gasteiger partial charge in [-0.05, 0) is 25.5 Å². The number of nitrogens with one attached hydrogen (secondary N) is 1. The predicted molar refractivity (Wildman–Crippen MR) is 85.8 cm³/mol. The number of halogens is 4. The summed E-state index contributed by atoms with van der Waals surface area (Å²) in [6.07, 6.45) is 0.513. The second-order valence-corrected chi connectivity index (χ2v) is 7.32. The minimum Gasteiger partial charge on any atom is -0.488 e. The van der Waals surface area contributed by atoms with Gasteiger partial charge >= 0.3 is 0 Å². The van der Waals surface area contributed by atoms with E-state index in [0.29, 0.717) is 6.42 Å². The van der Waals surface area contributed by atoms with E-state index in [1.807, 2.05) is 13.8 Å². The molecule has 1 amide bonds. The van der Waals surface area contributed by atoms with Gasteiger partial charge in [0.25, 0.3) is 0 Å². The number of alkyl halides is 2. The number of carbonyl (C=O) groups is 1. The van der Waals surface area contributed by atoms with Gasteiger partial charge in [-0.15, -0.1) is 23.2 Å². The van der Waals surface area contributed by atoms with Crippen molar-refractivity contribution in [1.29, 1.82) is 0 Å². The maximum Gasteiger partial charge on any atom is 0.229 e. The zero-order valence-corrected chi connectivity index (χ0v) is 14.6. The van der Waals surface area contributed by atoms with Crippen molar-refractivity contribution < 1.29 is 18.3 Å². The average Bonchev–Trinajstić information content (AvgIpc) is 2.93. The van der Waals surface area contributed by atoms with Gasteiger partial charge in [-0.1, -0.05) is 13.8 Å². The molecular weight excluding hydrogens is 347 g/mol. The Morgan fingerprint density at radius 2 is 2.04 bits per heavy atom. The van der Waals surface area contributed by atoms with Crippen LogP contribution >= 0.6 is 23.2 Å². The summed E-state index contributed by atoms with van der Waals surface area (Å²) in [7, 11) is 0. The van der Waals surface area contributed by atoms with E-state index in [1.165, 1.54) is 0 Å². The Labute approximate surface area is 144 Å². The monoisotopic (exact) mass is 365 g/mol. The highest BCUT2D eigenvalue weighted by molar-refractivity contribution is 6.53. The normalized spacial score (nSPS) is 26.5. The molecule has 1 saturated carbocycles. The van der Waals surface area contributed by atoms with Gasteiger partial charge in [0.05, 0.1) is 11.5 Å². The second kappa shape index (κ2) is 6.44. The summed E-state index contributed by atoms with van der Waals surface area (Å²) in [5, 5.41) is 2.77. The maximum atomic E-state index is 13.5. The van der Waals surface area contributed by atoms with Crippen LogP contribution in [0.4, 0.5) is 8.78 Å². The smallest absolute Gasteiger partial charge is 0.229 e. The van der Waals surface area contributed by atoms with Gasteiger partial charge in [0, 0.05) is 12.0 Å². The quantitative estimate of drug-likeness (QED) is 0.771. The fraction of sp³-hybridized carbons (Fsp3) is 0.562. The molecule has 0 spiro atoms. The second-order valence-electron chi connectivity index (χ2n) is 5.93. The molecule has 1 aromatic carbocycles. The molecule has 3 atom stereocenters. The van der Waals surface area contributed by atoms with Crippen molar-refractivity contribution in [2.45, 2.75) is 37.6 Å². The molecule has 0 bridgehead atoms. The molecule has 1 aromatic rings. The minimum absolute atomic E-state index is 0.00212. The van der Waals surface area contributed by atoms with Gasteiger partial charge in [0.15, 0.2) is 11.6 Å². The highest BCUT2D eigenvalue weighted by Crippen LogP contribution is 2.70. The third-order valence-electron chi connectivity index (χ3n) is 4.52. The summed E-state index contributed by atoms with van der Waals surface area (Å²) in [4.78, 5) is 12.5. The van der Waals surface area contributed by atoms with E-state index in [0.717, 1.165) is 18.2 Å². The topological polar surface area (TPSA) is 38.3 Å². The van der Waals surface area contributed by atoms with Crippen LogP contribution in [0, 0.1) is 23.0 Å². The molecule has 1 unspecified atom stereocenters. The first-order chi connectivity index (χ1) is 10.7. The van der Waals surface area contributed by atoms with E-state index in [1.54, 1.807) is 6.92 Å². The molecule has 1 fully saturated rings. The lowest BCUT2D eigenvalue weighted by molar-refractivity contribution is -0.127. The lowest BCUT2D eigenvalue weighted by Gasteiger charge is -2.21. The first-order valence-electron chi connectivity index (χ1n) is 7.43. The number of rotatable bonds is 6. The molecule has 1 aliphatic rings. The lowest BCUT2D eigenvalue weighted by atomic mass is 9.99. The zero-order chi connectivity index (χ0) is 17.4. The summed E-state index contributed by atoms with van der Waals surface area (Å²) in [6, 6.07) is 2.54. The molecule has 128 valence electrons. The molecule has 0 saturated heterocycles. The lowest BCUT2D eigenvalue weighted by Crippen LogP contribution is -2.43. The van der Waals surface area contributed by atoms with Gasteiger partial charge in [-0.3, -0.25) is 4.79 Å². The SMILES string of the molecule is CC[C@]1(C(=O)N[C@@H](C)COc2cc(F)ccc2F)C(C)C1(Cl)Cl. The Morgan fingerprint density at radius 3 is 2.57 bits per heavy atom. The van der Waals surface area contributed by atoms with Gasteiger partial charge in [0.1, 0.15) is 16.8 Å². The molecule has 1 N–H and O–H groups in total. The number of ether oxygens (including phenoxy) is 1. The highest BCUT2D eigenvalue weighted by atomic mass is 35.5. The first-order valence-corrected chi connectivity index (χ1v) is 8.19. The number of benzene rings is 1. The van der Waals surface area contributed by atoms with Crippen molar-refractivity contribution in [3.63, 3.8) is 0 Å². The summed E-state index contributed by atoms with van der Waals surface area (Å²) in [6.45, 7) is 5.38. The van der Waals surface area contributed by atoms with Crippen molar-refractivity contribution in [3.05, 3.63) is 29.8 Å². The van der Waals surface area contributed by atoms with Gasteiger partial charge in [-0.25, -0.2) is 8.78 Å². The van der Waals surface area contributed by atoms with Crippen molar-refractivity contribution >= 4 is 29.1 Å². The van der Waals surface area contributed by atoms with E-state index in [9.17, 15) is 13.6 Å². The Kier molecular flexibility index (Phi) is 5.12. The molecule has 0 aliphatic heterocycles. The van der Waals surface area contributed by atoms with Crippen LogP contribution < -0.4 is 10.1 Å². The van der Waals surface area contributed by atoms with Gasteiger partial charge < -0.3 is 10.1 Å². The van der Waals surface area contributed by atoms with E-state index in [4.69, 9.17) is 27.9 Å². The number of hydrogen-bond donors (Lipinski definition) is 1. The third-order valence-corrected chi connectivity index (χ3v) is 5.85. The van der Waals surface area contributed by atoms with Crippen LogP contribution in [0.3, 0.4) is 0 Å². The fourth-order valence-corrected chi connectivity index (χ4v) is 3.92. The van der Waals surface area contributed by atoms with Crippen LogP contribution in [0.15, 0.2) is 18.2 Å². The van der Waals surface area contributed by atoms with Crippen LogP contribution in [0.1, 0.15) is 27.2 Å². The molecular formula is C16H19Cl2F2NO2. The highest BCUT2D eigenvalue weighted by Gasteiger charge is 2.76. The molecule has 23 heavy (non-hydrogen) atoms. The fourth-order valence-electron chi connectivity index (χ4n) is 2.89. The molecule has 0 heterocycles. The standard InChI is InChI=1S/C16H19Cl2F2NO2/c1-4-15(10(3)16(15,17)18)14(22)21-9(2)8-23-13-7-11(19)5-6-12(13)20/h5-7,9-10H,4,8H2,1-3H3,(H,21,22)/t9-,10?,15+/m0/s1. The van der Waals surface area contributed by atoms with Crippen LogP contribution in [0.5, 0.6) is 5.75 Å². The Hall–Kier alpha value is -1.07. The number of carbonyl (C=O) groups excluding carboxylic acids is 1. The maximum absolute atomic E-state index is 13.5. The Balaban J connectivity index is 1.94. The van der Waals surface area contributed by atoms with Crippen LogP contribution in [-0.4, -0.2) is 22.9 Å². The van der Waals surface area contributed by atoms with Crippen LogP contribution in [-0.2, 0) is 4.79 Å². The average molecular weight is 366 g/mol. The van der Waals surface area contributed by atoms with Crippen molar-refractivity contribution in [3.8, 4) is 5.75 Å². The Morgan fingerprint density at radius 1 is 1.43 bits per heavy atom. The summed E-state index contributed by atoms with van der Waals surface area (Å²) in [5.41, 5.74) is -0.825. The predicted octanol–water partition coefficient (Wildman–Crippen LogP) is 4.07. The van der Waals surface area contributed by atoms with Crippen molar-refractivity contribution in [2.24, 2.45) is 11.3 Å². The summed E-state index contributed by atoms with van der Waals surface area (Å²) >= 11 is 12.4. The largest absolute Gasteiger partial charge is 0.488 e. The van der Waals surface area contributed by atoms with Crippen molar-refractivity contribution in [2.75, 3.05) is 6.61 Å². The van der Waals surface area contributed by atoms with E-state index in [-0.39, 0.29) is 24.2 Å². The van der Waals surface area contributed by atoms with Crippen molar-refractivity contribution in [1.82, 2.24) is 5.32 Å². The third kappa shape index (κ3) is 3.13. The van der Waals surface area contributed by atoms with E-state index in [2.05, 4.69) is 5.32 Å².